The molecule has 0 aliphatic heterocycles. The molecule has 0 radical (unpaired) electrons. The van der Waals surface area contributed by atoms with Gasteiger partial charge in [0.25, 0.3) is 10.1 Å². The molecule has 0 saturated heterocycles. The van der Waals surface area contributed by atoms with E-state index in [9.17, 15) is 23.1 Å². The number of phenolic OH excluding ortho intramolecular Hbond substituents is 1. The summed E-state index contributed by atoms with van der Waals surface area (Å²) in [5.41, 5.74) is -1.65. The van der Waals surface area contributed by atoms with Crippen molar-refractivity contribution < 1.29 is 37.9 Å². The van der Waals surface area contributed by atoms with Crippen molar-refractivity contribution in [2.45, 2.75) is 4.90 Å². The average Bonchev–Trinajstić information content (AvgIpc) is 2.14. The van der Waals surface area contributed by atoms with Crippen molar-refractivity contribution >= 4 is 22.1 Å². The van der Waals surface area contributed by atoms with Gasteiger partial charge >= 0.3 is 11.9 Å². The summed E-state index contributed by atoms with van der Waals surface area (Å²) >= 11 is 0. The maximum Gasteiger partial charge on any atom is 0.336 e. The second kappa shape index (κ2) is 4.03. The lowest BCUT2D eigenvalue weighted by Gasteiger charge is -2.06. The molecule has 1 rings (SSSR count). The Morgan fingerprint density at radius 1 is 1.00 bits per heavy atom. The number of hydrogen-bond donors (Lipinski definition) is 4. The molecule has 17 heavy (non-hydrogen) atoms. The van der Waals surface area contributed by atoms with Crippen molar-refractivity contribution in [1.29, 1.82) is 0 Å². The molecule has 1 aromatic carbocycles. The van der Waals surface area contributed by atoms with Gasteiger partial charge in [0, 0.05) is 0 Å². The predicted octanol–water partition coefficient (Wildman–Crippen LogP) is 0.0353. The number of carboxylic acid groups (broad SMARTS) is 2. The summed E-state index contributed by atoms with van der Waals surface area (Å²) in [7, 11) is -4.84. The molecule has 0 atom stereocenters. The highest BCUT2D eigenvalue weighted by molar-refractivity contribution is 7.86. The van der Waals surface area contributed by atoms with E-state index in [0.717, 1.165) is 0 Å². The topological polar surface area (TPSA) is 149 Å². The lowest BCUT2D eigenvalue weighted by Crippen LogP contribution is -2.10. The number of aromatic carboxylic acids is 2. The minimum atomic E-state index is -4.84. The van der Waals surface area contributed by atoms with Crippen LogP contribution in [0.4, 0.5) is 0 Å². The Bertz CT molecular complexity index is 600. The summed E-state index contributed by atoms with van der Waals surface area (Å²) in [6.07, 6.45) is 0. The third kappa shape index (κ3) is 2.52. The fraction of sp³-hybridized carbons (Fsp3) is 0. The Morgan fingerprint density at radius 3 is 1.76 bits per heavy atom. The Labute approximate surface area is 94.5 Å². The van der Waals surface area contributed by atoms with Crippen LogP contribution < -0.4 is 0 Å². The molecular formula is C8H6O8S. The zero-order valence-electron chi connectivity index (χ0n) is 7.98. The van der Waals surface area contributed by atoms with Gasteiger partial charge in [-0.2, -0.15) is 8.42 Å². The number of benzene rings is 1. The van der Waals surface area contributed by atoms with Crippen molar-refractivity contribution in [2.24, 2.45) is 0 Å². The van der Waals surface area contributed by atoms with Crippen LogP contribution in [0.1, 0.15) is 20.7 Å². The molecule has 4 N–H and O–H groups in total. The summed E-state index contributed by atoms with van der Waals surface area (Å²) in [5.74, 6) is -4.40. The highest BCUT2D eigenvalue weighted by atomic mass is 32.2. The Hall–Kier alpha value is -2.13. The number of hydrogen-bond acceptors (Lipinski definition) is 5. The van der Waals surface area contributed by atoms with Crippen molar-refractivity contribution in [3.8, 4) is 5.75 Å². The van der Waals surface area contributed by atoms with Gasteiger partial charge in [0.1, 0.15) is 10.6 Å². The zero-order chi connectivity index (χ0) is 13.4. The van der Waals surface area contributed by atoms with Crippen LogP contribution in [0.2, 0.25) is 0 Å². The van der Waals surface area contributed by atoms with E-state index in [1.165, 1.54) is 0 Å². The standard InChI is InChI=1S/C8H6O8S/c9-5-1-3(7(10)11)4(8(12)13)2-6(5)17(14,15)16/h1-2,9H,(H,10,11)(H,12,13)(H,14,15,16). The lowest BCUT2D eigenvalue weighted by molar-refractivity contribution is 0.0650. The van der Waals surface area contributed by atoms with Gasteiger partial charge < -0.3 is 15.3 Å². The highest BCUT2D eigenvalue weighted by Gasteiger charge is 2.24. The molecule has 0 bridgehead atoms. The summed E-state index contributed by atoms with van der Waals surface area (Å²) < 4.78 is 30.2. The van der Waals surface area contributed by atoms with Gasteiger partial charge in [-0.05, 0) is 12.1 Å². The number of carbonyl (C=O) groups is 2. The van der Waals surface area contributed by atoms with Crippen LogP contribution in [-0.4, -0.2) is 40.2 Å². The maximum absolute atomic E-state index is 10.8. The number of carboxylic acids is 2. The normalized spacial score (nSPS) is 11.1. The molecule has 9 heteroatoms. The Kier molecular flexibility index (Phi) is 3.07. The monoisotopic (exact) mass is 262 g/mol. The van der Waals surface area contributed by atoms with Crippen molar-refractivity contribution in [3.63, 3.8) is 0 Å². The number of phenols is 1. The second-order valence-electron chi connectivity index (χ2n) is 2.95. The van der Waals surface area contributed by atoms with Crippen LogP contribution in [0.15, 0.2) is 17.0 Å². The minimum absolute atomic E-state index is 0.371. The van der Waals surface area contributed by atoms with Gasteiger partial charge in [-0.25, -0.2) is 9.59 Å². The predicted molar refractivity (Wildman–Crippen MR) is 51.8 cm³/mol. The van der Waals surface area contributed by atoms with Gasteiger partial charge in [-0.3, -0.25) is 4.55 Å². The molecule has 0 heterocycles. The van der Waals surface area contributed by atoms with Crippen molar-refractivity contribution in [3.05, 3.63) is 23.3 Å². The SMILES string of the molecule is O=C(O)c1cc(O)c(S(=O)(=O)O)cc1C(=O)O. The molecular weight excluding hydrogens is 256 g/mol. The van der Waals surface area contributed by atoms with E-state index in [1.54, 1.807) is 0 Å². The molecule has 0 saturated carbocycles. The molecule has 0 aliphatic carbocycles. The first-order valence-corrected chi connectivity index (χ1v) is 5.39. The molecule has 0 aromatic heterocycles. The minimum Gasteiger partial charge on any atom is -0.506 e. The fourth-order valence-corrected chi connectivity index (χ4v) is 1.72. The van der Waals surface area contributed by atoms with Gasteiger partial charge in [-0.1, -0.05) is 0 Å². The van der Waals surface area contributed by atoms with E-state index < -0.39 is 43.8 Å². The van der Waals surface area contributed by atoms with E-state index in [0.29, 0.717) is 12.1 Å². The molecule has 92 valence electrons. The average molecular weight is 262 g/mol. The second-order valence-corrected chi connectivity index (χ2v) is 4.34. The lowest BCUT2D eigenvalue weighted by atomic mass is 10.1. The van der Waals surface area contributed by atoms with Crippen LogP contribution in [0, 0.1) is 0 Å². The summed E-state index contributed by atoms with van der Waals surface area (Å²) in [6, 6.07) is 0.811. The van der Waals surface area contributed by atoms with Crippen LogP contribution >= 0.6 is 0 Å². The number of rotatable bonds is 3. The van der Waals surface area contributed by atoms with Gasteiger partial charge in [0.05, 0.1) is 11.1 Å². The Morgan fingerprint density at radius 2 is 1.41 bits per heavy atom. The summed E-state index contributed by atoms with van der Waals surface area (Å²) in [4.78, 5) is 20.3. The number of aromatic hydroxyl groups is 1. The quantitative estimate of drug-likeness (QED) is 0.557. The molecule has 8 nitrogen and oxygen atoms in total. The third-order valence-electron chi connectivity index (χ3n) is 1.84. The van der Waals surface area contributed by atoms with Gasteiger partial charge in [0.2, 0.25) is 0 Å². The largest absolute Gasteiger partial charge is 0.506 e. The molecule has 0 spiro atoms. The van der Waals surface area contributed by atoms with Crippen molar-refractivity contribution in [2.75, 3.05) is 0 Å². The van der Waals surface area contributed by atoms with Crippen LogP contribution in [0.3, 0.4) is 0 Å². The molecule has 0 unspecified atom stereocenters. The first-order chi connectivity index (χ1) is 7.64. The fourth-order valence-electron chi connectivity index (χ4n) is 1.13. The van der Waals surface area contributed by atoms with Gasteiger partial charge in [0.15, 0.2) is 0 Å². The molecule has 0 fully saturated rings. The zero-order valence-corrected chi connectivity index (χ0v) is 8.80. The van der Waals surface area contributed by atoms with E-state index in [4.69, 9.17) is 14.8 Å². The van der Waals surface area contributed by atoms with Crippen LogP contribution in [0.5, 0.6) is 5.75 Å². The first kappa shape index (κ1) is 12.9. The van der Waals surface area contributed by atoms with Crippen LogP contribution in [0.25, 0.3) is 0 Å². The van der Waals surface area contributed by atoms with Gasteiger partial charge in [-0.15, -0.1) is 0 Å². The summed E-state index contributed by atoms with van der Waals surface area (Å²) in [6.45, 7) is 0. The molecule has 0 amide bonds. The Balaban J connectivity index is 3.69. The first-order valence-electron chi connectivity index (χ1n) is 3.95. The van der Waals surface area contributed by atoms with E-state index in [1.807, 2.05) is 0 Å². The molecule has 0 aliphatic rings. The van der Waals surface area contributed by atoms with Crippen molar-refractivity contribution in [1.82, 2.24) is 0 Å². The van der Waals surface area contributed by atoms with E-state index in [2.05, 4.69) is 0 Å². The highest BCUT2D eigenvalue weighted by Crippen LogP contribution is 2.26. The molecule has 1 aromatic rings. The van der Waals surface area contributed by atoms with E-state index in [-0.39, 0.29) is 0 Å². The smallest absolute Gasteiger partial charge is 0.336 e. The third-order valence-corrected chi connectivity index (χ3v) is 2.72. The van der Waals surface area contributed by atoms with Crippen LogP contribution in [-0.2, 0) is 10.1 Å². The van der Waals surface area contributed by atoms with E-state index >= 15 is 0 Å². The maximum atomic E-state index is 10.8. The summed E-state index contributed by atoms with van der Waals surface area (Å²) in [5, 5.41) is 26.5.